The standard InChI is InChI=1S/C15H16Cl2N2OS/c1-2-19(9-12-4-3-7-21-12)10-15(20)18-11-5-6-13(16)14(17)8-11/h3-8H,2,9-10H2,1H3,(H,18,20)/p+1. The molecule has 0 aliphatic rings. The van der Waals surface area contributed by atoms with Crippen LogP contribution in [0.1, 0.15) is 11.8 Å². The molecule has 0 spiro atoms. The van der Waals surface area contributed by atoms with Gasteiger partial charge in [-0.25, -0.2) is 0 Å². The number of carbonyl (C=O) groups is 1. The van der Waals surface area contributed by atoms with Crippen LogP contribution < -0.4 is 10.2 Å². The average Bonchev–Trinajstić information content (AvgIpc) is 2.95. The number of thiophene rings is 1. The molecule has 1 amide bonds. The molecule has 0 radical (unpaired) electrons. The maximum atomic E-state index is 12.1. The summed E-state index contributed by atoms with van der Waals surface area (Å²) in [5.74, 6) is -0.0261. The first-order valence-corrected chi connectivity index (χ1v) is 8.33. The van der Waals surface area contributed by atoms with Crippen molar-refractivity contribution in [3.63, 3.8) is 0 Å². The van der Waals surface area contributed by atoms with Crippen LogP contribution in [0.3, 0.4) is 0 Å². The van der Waals surface area contributed by atoms with E-state index in [0.717, 1.165) is 13.1 Å². The minimum Gasteiger partial charge on any atom is -0.323 e. The molecule has 0 aliphatic carbocycles. The van der Waals surface area contributed by atoms with Crippen LogP contribution in [0.5, 0.6) is 0 Å². The van der Waals surface area contributed by atoms with E-state index in [2.05, 4.69) is 23.7 Å². The van der Waals surface area contributed by atoms with E-state index in [-0.39, 0.29) is 5.91 Å². The highest BCUT2D eigenvalue weighted by Gasteiger charge is 2.14. The van der Waals surface area contributed by atoms with Crippen LogP contribution in [0, 0.1) is 0 Å². The molecule has 1 atom stereocenters. The van der Waals surface area contributed by atoms with Crippen molar-refractivity contribution in [2.75, 3.05) is 18.4 Å². The van der Waals surface area contributed by atoms with Gasteiger partial charge in [0.25, 0.3) is 5.91 Å². The lowest BCUT2D eigenvalue weighted by atomic mass is 10.3. The molecule has 1 heterocycles. The van der Waals surface area contributed by atoms with Gasteiger partial charge in [0.1, 0.15) is 6.54 Å². The normalized spacial score (nSPS) is 12.1. The van der Waals surface area contributed by atoms with Crippen molar-refractivity contribution in [1.82, 2.24) is 0 Å². The maximum absolute atomic E-state index is 12.1. The Hall–Kier alpha value is -1.07. The van der Waals surface area contributed by atoms with Crippen LogP contribution in [0.2, 0.25) is 10.0 Å². The zero-order valence-electron chi connectivity index (χ0n) is 11.7. The molecule has 1 aromatic carbocycles. The number of hydrogen-bond acceptors (Lipinski definition) is 2. The second-order valence-corrected chi connectivity index (χ2v) is 6.56. The number of benzene rings is 1. The minimum absolute atomic E-state index is 0.0261. The number of likely N-dealkylation sites (N-methyl/N-ethyl adjacent to an activating group) is 1. The first-order valence-electron chi connectivity index (χ1n) is 6.69. The Morgan fingerprint density at radius 3 is 2.71 bits per heavy atom. The van der Waals surface area contributed by atoms with E-state index in [9.17, 15) is 4.79 Å². The molecule has 0 aliphatic heterocycles. The molecule has 112 valence electrons. The second kappa shape index (κ2) is 7.80. The number of carbonyl (C=O) groups excluding carboxylic acids is 1. The number of quaternary nitrogens is 1. The third kappa shape index (κ3) is 5.00. The van der Waals surface area contributed by atoms with Crippen LogP contribution >= 0.6 is 34.5 Å². The highest BCUT2D eigenvalue weighted by Crippen LogP contribution is 2.24. The summed E-state index contributed by atoms with van der Waals surface area (Å²) in [6, 6.07) is 9.21. The van der Waals surface area contributed by atoms with Crippen molar-refractivity contribution in [2.24, 2.45) is 0 Å². The Morgan fingerprint density at radius 1 is 1.29 bits per heavy atom. The molecule has 1 aromatic heterocycles. The van der Waals surface area contributed by atoms with Crippen molar-refractivity contribution in [1.29, 1.82) is 0 Å². The van der Waals surface area contributed by atoms with E-state index in [1.54, 1.807) is 29.5 Å². The monoisotopic (exact) mass is 343 g/mol. The third-order valence-corrected chi connectivity index (χ3v) is 4.73. The number of hydrogen-bond donors (Lipinski definition) is 2. The lowest BCUT2D eigenvalue weighted by Crippen LogP contribution is -3.11. The summed E-state index contributed by atoms with van der Waals surface area (Å²) in [5.41, 5.74) is 0.668. The summed E-state index contributed by atoms with van der Waals surface area (Å²) in [4.78, 5) is 14.6. The van der Waals surface area contributed by atoms with E-state index in [1.165, 1.54) is 9.78 Å². The van der Waals surface area contributed by atoms with E-state index >= 15 is 0 Å². The summed E-state index contributed by atoms with van der Waals surface area (Å²) < 4.78 is 0. The SMILES string of the molecule is CC[NH+](CC(=O)Nc1ccc(Cl)c(Cl)c1)Cc1cccs1. The molecule has 2 rings (SSSR count). The van der Waals surface area contributed by atoms with Gasteiger partial charge in [0, 0.05) is 5.69 Å². The molecule has 6 heteroatoms. The molecule has 0 saturated carbocycles. The molecule has 0 fully saturated rings. The molecule has 1 unspecified atom stereocenters. The molecule has 21 heavy (non-hydrogen) atoms. The van der Waals surface area contributed by atoms with E-state index in [0.29, 0.717) is 22.3 Å². The predicted octanol–water partition coefficient (Wildman–Crippen LogP) is 3.10. The predicted molar refractivity (Wildman–Crippen MR) is 89.5 cm³/mol. The lowest BCUT2D eigenvalue weighted by molar-refractivity contribution is -0.903. The number of amides is 1. The first kappa shape index (κ1) is 16.3. The average molecular weight is 344 g/mol. The van der Waals surface area contributed by atoms with E-state index in [1.807, 2.05) is 6.07 Å². The fourth-order valence-electron chi connectivity index (χ4n) is 1.98. The van der Waals surface area contributed by atoms with Gasteiger partial charge in [-0.1, -0.05) is 29.3 Å². The smallest absolute Gasteiger partial charge is 0.279 e. The largest absolute Gasteiger partial charge is 0.323 e. The maximum Gasteiger partial charge on any atom is 0.279 e. The van der Waals surface area contributed by atoms with Crippen LogP contribution in [0.15, 0.2) is 35.7 Å². The van der Waals surface area contributed by atoms with Gasteiger partial charge in [-0.2, -0.15) is 0 Å². The number of anilines is 1. The van der Waals surface area contributed by atoms with Gasteiger partial charge in [-0.15, -0.1) is 11.3 Å². The van der Waals surface area contributed by atoms with Crippen molar-refractivity contribution >= 4 is 46.1 Å². The van der Waals surface area contributed by atoms with Crippen molar-refractivity contribution in [3.05, 3.63) is 50.6 Å². The summed E-state index contributed by atoms with van der Waals surface area (Å²) in [5, 5.41) is 5.83. The fraction of sp³-hybridized carbons (Fsp3) is 0.267. The van der Waals surface area contributed by atoms with Crippen LogP contribution in [0.25, 0.3) is 0 Å². The second-order valence-electron chi connectivity index (χ2n) is 4.71. The Kier molecular flexibility index (Phi) is 6.06. The van der Waals surface area contributed by atoms with Gasteiger partial charge >= 0.3 is 0 Å². The number of nitrogens with one attached hydrogen (secondary N) is 2. The number of rotatable bonds is 6. The first-order chi connectivity index (χ1) is 10.1. The van der Waals surface area contributed by atoms with Gasteiger partial charge in [0.2, 0.25) is 0 Å². The molecule has 3 nitrogen and oxygen atoms in total. The van der Waals surface area contributed by atoms with Gasteiger partial charge < -0.3 is 10.2 Å². The van der Waals surface area contributed by atoms with Gasteiger partial charge in [0.15, 0.2) is 6.54 Å². The summed E-state index contributed by atoms with van der Waals surface area (Å²) in [6.45, 7) is 4.26. The van der Waals surface area contributed by atoms with Crippen molar-refractivity contribution in [2.45, 2.75) is 13.5 Å². The summed E-state index contributed by atoms with van der Waals surface area (Å²) in [6.07, 6.45) is 0. The highest BCUT2D eigenvalue weighted by atomic mass is 35.5. The molecule has 2 aromatic rings. The van der Waals surface area contributed by atoms with E-state index in [4.69, 9.17) is 23.2 Å². The Labute approximate surface area is 138 Å². The summed E-state index contributed by atoms with van der Waals surface area (Å²) in [7, 11) is 0. The van der Waals surface area contributed by atoms with Crippen LogP contribution in [0.4, 0.5) is 5.69 Å². The molecule has 0 saturated heterocycles. The molecular weight excluding hydrogens is 327 g/mol. The molecule has 2 N–H and O–H groups in total. The Morgan fingerprint density at radius 2 is 2.10 bits per heavy atom. The minimum atomic E-state index is -0.0261. The Bertz CT molecular complexity index is 602. The molecule has 0 bridgehead atoms. The third-order valence-electron chi connectivity index (χ3n) is 3.12. The molecular formula is C15H17Cl2N2OS+. The van der Waals surface area contributed by atoms with Gasteiger partial charge in [-0.3, -0.25) is 4.79 Å². The van der Waals surface area contributed by atoms with Crippen LogP contribution in [-0.2, 0) is 11.3 Å². The fourth-order valence-corrected chi connectivity index (χ4v) is 3.05. The number of halogens is 2. The lowest BCUT2D eigenvalue weighted by Gasteiger charge is -2.16. The van der Waals surface area contributed by atoms with Crippen molar-refractivity contribution < 1.29 is 9.69 Å². The summed E-state index contributed by atoms with van der Waals surface area (Å²) >= 11 is 13.5. The zero-order valence-corrected chi connectivity index (χ0v) is 14.0. The van der Waals surface area contributed by atoms with Crippen LogP contribution in [-0.4, -0.2) is 19.0 Å². The van der Waals surface area contributed by atoms with Gasteiger partial charge in [0.05, 0.1) is 21.5 Å². The highest BCUT2D eigenvalue weighted by molar-refractivity contribution is 7.09. The van der Waals surface area contributed by atoms with Crippen molar-refractivity contribution in [3.8, 4) is 0 Å². The van der Waals surface area contributed by atoms with Gasteiger partial charge in [-0.05, 0) is 36.6 Å². The zero-order chi connectivity index (χ0) is 15.2. The topological polar surface area (TPSA) is 33.5 Å². The Balaban J connectivity index is 1.91. The quantitative estimate of drug-likeness (QED) is 0.830. The van der Waals surface area contributed by atoms with E-state index < -0.39 is 0 Å².